The Morgan fingerprint density at radius 3 is 2.38 bits per heavy atom. The molecule has 0 saturated carbocycles. The molecule has 7 nitrogen and oxygen atoms in total. The summed E-state index contributed by atoms with van der Waals surface area (Å²) in [6.45, 7) is 8.00. The first-order chi connectivity index (χ1) is 15.4. The molecular formula is C22H31Cl2N5O2S. The predicted octanol–water partition coefficient (Wildman–Crippen LogP) is 4.93. The van der Waals surface area contributed by atoms with E-state index in [9.17, 15) is 4.79 Å². The van der Waals surface area contributed by atoms with E-state index >= 15 is 0 Å². The van der Waals surface area contributed by atoms with Crippen LogP contribution < -0.4 is 17.0 Å². The van der Waals surface area contributed by atoms with Crippen molar-refractivity contribution in [3.05, 3.63) is 52.0 Å². The second-order valence-electron chi connectivity index (χ2n) is 6.90. The van der Waals surface area contributed by atoms with Crippen LogP contribution in [0.5, 0.6) is 0 Å². The summed E-state index contributed by atoms with van der Waals surface area (Å²) in [4.78, 5) is 17.5. The molecular weight excluding hydrogens is 469 g/mol. The van der Waals surface area contributed by atoms with E-state index in [-0.39, 0.29) is 12.7 Å². The van der Waals surface area contributed by atoms with Crippen LogP contribution in [0.15, 0.2) is 41.3 Å². The van der Waals surface area contributed by atoms with E-state index in [2.05, 4.69) is 10.3 Å². The van der Waals surface area contributed by atoms with E-state index in [1.165, 1.54) is 0 Å². The molecule has 0 unspecified atom stereocenters. The number of hydrazine groups is 1. The summed E-state index contributed by atoms with van der Waals surface area (Å²) in [5.74, 6) is 6.41. The zero-order valence-electron chi connectivity index (χ0n) is 18.4. The maximum absolute atomic E-state index is 12.3. The fourth-order valence-electron chi connectivity index (χ4n) is 3.13. The fourth-order valence-corrected chi connectivity index (χ4v) is 4.65. The lowest BCUT2D eigenvalue weighted by molar-refractivity contribution is 0.0731. The second kappa shape index (κ2) is 13.6. The number of carbonyl (C=O) groups excluding carboxylic acids is 1. The number of carbonyl (C=O) groups is 1. The van der Waals surface area contributed by atoms with Crippen LogP contribution in [0, 0.1) is 0 Å². The molecule has 1 heterocycles. The minimum atomic E-state index is -0.316. The minimum Gasteiger partial charge on any atom is -0.445 e. The molecule has 1 amide bonds. The average molecular weight is 500 g/mol. The van der Waals surface area contributed by atoms with Gasteiger partial charge < -0.3 is 20.8 Å². The number of nitrogens with two attached hydrogens (primary N) is 2. The second-order valence-corrected chi connectivity index (χ2v) is 8.94. The first-order valence-corrected chi connectivity index (χ1v) is 12.3. The molecule has 2 aromatic carbocycles. The van der Waals surface area contributed by atoms with Crippen molar-refractivity contribution >= 4 is 52.4 Å². The Morgan fingerprint density at radius 2 is 1.75 bits per heavy atom. The maximum atomic E-state index is 12.3. The molecule has 1 saturated heterocycles. The van der Waals surface area contributed by atoms with E-state index in [4.69, 9.17) is 39.5 Å². The van der Waals surface area contributed by atoms with Crippen LogP contribution in [0.25, 0.3) is 0 Å². The topological polar surface area (TPSA) is 96.8 Å². The maximum Gasteiger partial charge on any atom is 0.410 e. The number of benzene rings is 2. The van der Waals surface area contributed by atoms with Gasteiger partial charge in [-0.1, -0.05) is 37.0 Å². The van der Waals surface area contributed by atoms with Crippen molar-refractivity contribution in [2.75, 3.05) is 49.6 Å². The van der Waals surface area contributed by atoms with Crippen LogP contribution in [-0.2, 0) is 11.3 Å². The molecule has 176 valence electrons. The molecule has 0 radical (unpaired) electrons. The van der Waals surface area contributed by atoms with Gasteiger partial charge in [-0.3, -0.25) is 10.7 Å². The van der Waals surface area contributed by atoms with Crippen LogP contribution >= 0.6 is 35.0 Å². The number of hydrogen-bond acceptors (Lipinski definition) is 7. The van der Waals surface area contributed by atoms with Crippen LogP contribution in [0.1, 0.15) is 19.4 Å². The van der Waals surface area contributed by atoms with Gasteiger partial charge in [0.15, 0.2) is 0 Å². The van der Waals surface area contributed by atoms with E-state index < -0.39 is 0 Å². The van der Waals surface area contributed by atoms with Gasteiger partial charge in [-0.15, -0.1) is 11.8 Å². The normalized spacial score (nSPS) is 13.8. The number of thioether (sulfide) groups is 1. The number of rotatable bonds is 7. The lowest BCUT2D eigenvalue weighted by atomic mass is 10.2. The molecule has 3 rings (SSSR count). The highest BCUT2D eigenvalue weighted by atomic mass is 35.5. The molecule has 0 bridgehead atoms. The van der Waals surface area contributed by atoms with E-state index in [1.807, 2.05) is 32.0 Å². The van der Waals surface area contributed by atoms with Gasteiger partial charge in [-0.05, 0) is 42.0 Å². The van der Waals surface area contributed by atoms with Gasteiger partial charge in [0.1, 0.15) is 6.61 Å². The number of amides is 1. The summed E-state index contributed by atoms with van der Waals surface area (Å²) < 4.78 is 5.40. The van der Waals surface area contributed by atoms with Crippen molar-refractivity contribution in [3.8, 4) is 0 Å². The molecule has 0 spiro atoms. The molecule has 1 aliphatic rings. The largest absolute Gasteiger partial charge is 0.445 e. The zero-order chi connectivity index (χ0) is 23.5. The Hall–Kier alpha value is -1.84. The minimum absolute atomic E-state index is 0.150. The van der Waals surface area contributed by atoms with E-state index in [1.54, 1.807) is 34.9 Å². The summed E-state index contributed by atoms with van der Waals surface area (Å²) in [5.41, 5.74) is 10.6. The third kappa shape index (κ3) is 8.26. The highest BCUT2D eigenvalue weighted by Crippen LogP contribution is 2.26. The number of piperazine rings is 1. The Bertz CT molecular complexity index is 859. The van der Waals surface area contributed by atoms with Gasteiger partial charge >= 0.3 is 6.09 Å². The summed E-state index contributed by atoms with van der Waals surface area (Å²) in [5, 5.41) is 1.05. The van der Waals surface area contributed by atoms with Gasteiger partial charge in [-0.2, -0.15) is 0 Å². The predicted molar refractivity (Wildman–Crippen MR) is 135 cm³/mol. The van der Waals surface area contributed by atoms with Crippen molar-refractivity contribution in [3.63, 3.8) is 0 Å². The van der Waals surface area contributed by atoms with Gasteiger partial charge in [0, 0.05) is 53.4 Å². The molecule has 2 aromatic rings. The van der Waals surface area contributed by atoms with Crippen LogP contribution in [0.4, 0.5) is 16.2 Å². The van der Waals surface area contributed by atoms with Gasteiger partial charge in [0.05, 0.1) is 11.4 Å². The first-order valence-electron chi connectivity index (χ1n) is 10.5. The smallest absolute Gasteiger partial charge is 0.410 e. The lowest BCUT2D eigenvalue weighted by Crippen LogP contribution is -2.49. The molecule has 0 aliphatic carbocycles. The molecule has 0 atom stereocenters. The van der Waals surface area contributed by atoms with Crippen LogP contribution in [0.2, 0.25) is 10.0 Å². The molecule has 1 aliphatic heterocycles. The monoisotopic (exact) mass is 499 g/mol. The molecule has 5 N–H and O–H groups in total. The highest BCUT2D eigenvalue weighted by Gasteiger charge is 2.22. The zero-order valence-corrected chi connectivity index (χ0v) is 20.8. The Morgan fingerprint density at radius 1 is 1.09 bits per heavy atom. The van der Waals surface area contributed by atoms with Crippen LogP contribution in [0.3, 0.4) is 0 Å². The van der Waals surface area contributed by atoms with E-state index in [0.29, 0.717) is 28.8 Å². The van der Waals surface area contributed by atoms with Crippen molar-refractivity contribution < 1.29 is 9.53 Å². The number of nitrogens with zero attached hydrogens (tertiary/aromatic N) is 2. The van der Waals surface area contributed by atoms with Crippen molar-refractivity contribution in [2.45, 2.75) is 25.3 Å². The first kappa shape index (κ1) is 26.4. The number of nitrogen functional groups attached to an aromatic ring is 2. The molecule has 0 aromatic heterocycles. The van der Waals surface area contributed by atoms with Crippen LogP contribution in [-0.4, -0.2) is 54.4 Å². The number of anilines is 2. The molecule has 1 fully saturated rings. The number of nitrogens with one attached hydrogen (secondary N) is 1. The Labute approximate surface area is 204 Å². The van der Waals surface area contributed by atoms with E-state index in [0.717, 1.165) is 41.5 Å². The Kier molecular flexibility index (Phi) is 11.3. The molecule has 32 heavy (non-hydrogen) atoms. The standard InChI is InChI=1S/C20H25Cl2N5O2S.C2H6/c21-15-9-14(10-16(22)11-15)13-29-20(28)27-5-3-26(4-6-27)7-8-30-17-1-2-18(23)19(12-17)25-24;1-2/h1-2,9-12,25H,3-8,13,23-24H2;1-2H3. The number of hydrogen-bond donors (Lipinski definition) is 3. The van der Waals surface area contributed by atoms with Gasteiger partial charge in [-0.25, -0.2) is 4.79 Å². The SMILES string of the molecule is CC.NNc1cc(SCCN2CCN(C(=O)OCc3cc(Cl)cc(Cl)c3)CC2)ccc1N. The summed E-state index contributed by atoms with van der Waals surface area (Å²) in [6, 6.07) is 10.9. The summed E-state index contributed by atoms with van der Waals surface area (Å²) >= 11 is 13.7. The molecule has 10 heteroatoms. The quantitative estimate of drug-likeness (QED) is 0.215. The Balaban J connectivity index is 0.00000176. The van der Waals surface area contributed by atoms with Crippen molar-refractivity contribution in [1.82, 2.24) is 9.80 Å². The number of halogens is 2. The summed E-state index contributed by atoms with van der Waals surface area (Å²) in [7, 11) is 0. The number of ether oxygens (including phenoxy) is 1. The van der Waals surface area contributed by atoms with Gasteiger partial charge in [0.2, 0.25) is 0 Å². The van der Waals surface area contributed by atoms with Crippen molar-refractivity contribution in [2.24, 2.45) is 5.84 Å². The third-order valence-electron chi connectivity index (χ3n) is 4.77. The fraction of sp³-hybridized carbons (Fsp3) is 0.409. The summed E-state index contributed by atoms with van der Waals surface area (Å²) in [6.07, 6.45) is -0.316. The lowest BCUT2D eigenvalue weighted by Gasteiger charge is -2.34. The highest BCUT2D eigenvalue weighted by molar-refractivity contribution is 7.99. The van der Waals surface area contributed by atoms with Crippen molar-refractivity contribution in [1.29, 1.82) is 0 Å². The average Bonchev–Trinajstić information content (AvgIpc) is 2.80. The van der Waals surface area contributed by atoms with Gasteiger partial charge in [0.25, 0.3) is 0 Å². The third-order valence-corrected chi connectivity index (χ3v) is 6.18.